The number of amides is 1. The van der Waals surface area contributed by atoms with Gasteiger partial charge < -0.3 is 9.42 Å². The van der Waals surface area contributed by atoms with Gasteiger partial charge in [-0.3, -0.25) is 9.48 Å². The zero-order chi connectivity index (χ0) is 15.7. The number of nitrogens with zero attached hydrogens (tertiary/aromatic N) is 4. The van der Waals surface area contributed by atoms with Gasteiger partial charge in [-0.15, -0.1) is 0 Å². The molecule has 0 radical (unpaired) electrons. The van der Waals surface area contributed by atoms with Crippen LogP contribution in [0.15, 0.2) is 16.8 Å². The largest absolute Gasteiger partial charge is 0.361 e. The molecule has 0 bridgehead atoms. The van der Waals surface area contributed by atoms with E-state index in [2.05, 4.69) is 17.2 Å². The summed E-state index contributed by atoms with van der Waals surface area (Å²) in [7, 11) is 1.72. The van der Waals surface area contributed by atoms with Crippen molar-refractivity contribution in [1.29, 1.82) is 0 Å². The molecule has 118 valence electrons. The molecule has 1 amide bonds. The van der Waals surface area contributed by atoms with Gasteiger partial charge >= 0.3 is 0 Å². The highest BCUT2D eigenvalue weighted by atomic mass is 35.5. The average molecular weight is 323 g/mol. The van der Waals surface area contributed by atoms with E-state index < -0.39 is 0 Å². The molecule has 1 saturated heterocycles. The van der Waals surface area contributed by atoms with E-state index in [1.165, 1.54) is 10.9 Å². The number of rotatable bonds is 4. The van der Waals surface area contributed by atoms with E-state index in [0.29, 0.717) is 17.3 Å². The lowest BCUT2D eigenvalue weighted by Crippen LogP contribution is -2.32. The highest BCUT2D eigenvalue weighted by Crippen LogP contribution is 2.33. The molecule has 0 saturated carbocycles. The van der Waals surface area contributed by atoms with E-state index in [0.717, 1.165) is 37.1 Å². The second-order valence-corrected chi connectivity index (χ2v) is 6.00. The fourth-order valence-corrected chi connectivity index (χ4v) is 3.20. The first kappa shape index (κ1) is 15.1. The van der Waals surface area contributed by atoms with Crippen molar-refractivity contribution in [2.24, 2.45) is 7.05 Å². The van der Waals surface area contributed by atoms with Gasteiger partial charge in [-0.2, -0.15) is 5.10 Å². The van der Waals surface area contributed by atoms with Crippen molar-refractivity contribution < 1.29 is 9.32 Å². The quantitative estimate of drug-likeness (QED) is 0.868. The molecule has 3 rings (SSSR count). The van der Waals surface area contributed by atoms with E-state index >= 15 is 0 Å². The van der Waals surface area contributed by atoms with E-state index in [4.69, 9.17) is 16.1 Å². The summed E-state index contributed by atoms with van der Waals surface area (Å²) >= 11 is 6.09. The molecule has 1 atom stereocenters. The van der Waals surface area contributed by atoms with Gasteiger partial charge in [-0.05, 0) is 19.3 Å². The van der Waals surface area contributed by atoms with Gasteiger partial charge in [-0.1, -0.05) is 23.7 Å². The summed E-state index contributed by atoms with van der Waals surface area (Å²) in [4.78, 5) is 14.6. The second kappa shape index (κ2) is 6.12. The van der Waals surface area contributed by atoms with Crippen LogP contribution in [0.5, 0.6) is 0 Å². The molecule has 0 aromatic carbocycles. The van der Waals surface area contributed by atoms with Crippen molar-refractivity contribution in [2.45, 2.75) is 38.6 Å². The lowest BCUT2D eigenvalue weighted by molar-refractivity contribution is 0.0720. The minimum atomic E-state index is -0.104. The van der Waals surface area contributed by atoms with Crippen LogP contribution in [0.1, 0.15) is 54.2 Å². The molecular formula is C15H19ClN4O2. The molecule has 1 aliphatic heterocycles. The minimum Gasteiger partial charge on any atom is -0.361 e. The smallest absolute Gasteiger partial charge is 0.274 e. The van der Waals surface area contributed by atoms with Gasteiger partial charge in [0.25, 0.3) is 5.91 Å². The van der Waals surface area contributed by atoms with Crippen LogP contribution in [0.25, 0.3) is 0 Å². The van der Waals surface area contributed by atoms with Crippen LogP contribution in [0.2, 0.25) is 5.02 Å². The molecule has 1 unspecified atom stereocenters. The van der Waals surface area contributed by atoms with Crippen molar-refractivity contribution >= 4 is 17.5 Å². The van der Waals surface area contributed by atoms with Crippen LogP contribution >= 0.6 is 11.6 Å². The first-order chi connectivity index (χ1) is 10.6. The molecule has 0 N–H and O–H groups in total. The van der Waals surface area contributed by atoms with Crippen LogP contribution in [-0.4, -0.2) is 32.3 Å². The average Bonchev–Trinajstić information content (AvgIpc) is 3.19. The Morgan fingerprint density at radius 1 is 1.55 bits per heavy atom. The van der Waals surface area contributed by atoms with Crippen molar-refractivity contribution in [3.63, 3.8) is 0 Å². The molecule has 7 heteroatoms. The van der Waals surface area contributed by atoms with Gasteiger partial charge in [0.05, 0.1) is 17.3 Å². The predicted molar refractivity (Wildman–Crippen MR) is 81.7 cm³/mol. The number of halogens is 1. The van der Waals surface area contributed by atoms with Crippen LogP contribution in [0.4, 0.5) is 0 Å². The van der Waals surface area contributed by atoms with Gasteiger partial charge in [0.1, 0.15) is 17.1 Å². The lowest BCUT2D eigenvalue weighted by atomic mass is 10.1. The Bertz CT molecular complexity index is 659. The molecular weight excluding hydrogens is 304 g/mol. The third kappa shape index (κ3) is 2.63. The molecule has 2 aromatic heterocycles. The SMILES string of the molecule is CCCc1cc(C2CCCN2C(=O)c2c(Cl)cnn2C)no1. The zero-order valence-electron chi connectivity index (χ0n) is 12.8. The second-order valence-electron chi connectivity index (χ2n) is 5.59. The Balaban J connectivity index is 1.85. The number of aromatic nitrogens is 3. The first-order valence-electron chi connectivity index (χ1n) is 7.55. The predicted octanol–water partition coefficient (Wildman–Crippen LogP) is 2.99. The van der Waals surface area contributed by atoms with Gasteiger partial charge in [-0.25, -0.2) is 0 Å². The summed E-state index contributed by atoms with van der Waals surface area (Å²) in [6.07, 6.45) is 5.20. The van der Waals surface area contributed by atoms with Crippen molar-refractivity contribution in [1.82, 2.24) is 19.8 Å². The van der Waals surface area contributed by atoms with E-state index in [9.17, 15) is 4.79 Å². The third-order valence-electron chi connectivity index (χ3n) is 4.03. The van der Waals surface area contributed by atoms with Crippen LogP contribution in [0.3, 0.4) is 0 Å². The Morgan fingerprint density at radius 3 is 3.05 bits per heavy atom. The number of hydrogen-bond acceptors (Lipinski definition) is 4. The standard InChI is InChI=1S/C15H19ClN4O2/c1-3-5-10-8-12(18-22-10)13-6-4-7-20(13)15(21)14-11(16)9-17-19(14)2/h8-9,13H,3-7H2,1-2H3. The number of carbonyl (C=O) groups excluding carboxylic acids is 1. The van der Waals surface area contributed by atoms with Crippen LogP contribution in [-0.2, 0) is 13.5 Å². The van der Waals surface area contributed by atoms with Gasteiger partial charge in [0, 0.05) is 26.1 Å². The molecule has 0 aliphatic carbocycles. The zero-order valence-corrected chi connectivity index (χ0v) is 13.5. The Labute approximate surface area is 134 Å². The van der Waals surface area contributed by atoms with Gasteiger partial charge in [0.2, 0.25) is 0 Å². The van der Waals surface area contributed by atoms with Crippen LogP contribution in [0, 0.1) is 0 Å². The molecule has 22 heavy (non-hydrogen) atoms. The normalized spacial score (nSPS) is 18.1. The molecule has 1 fully saturated rings. The summed E-state index contributed by atoms with van der Waals surface area (Å²) in [5.41, 5.74) is 1.25. The summed E-state index contributed by atoms with van der Waals surface area (Å²) in [5, 5.41) is 8.57. The maximum atomic E-state index is 12.8. The van der Waals surface area contributed by atoms with Crippen molar-refractivity contribution in [3.05, 3.63) is 34.4 Å². The lowest BCUT2D eigenvalue weighted by Gasteiger charge is -2.23. The van der Waals surface area contributed by atoms with Gasteiger partial charge in [0.15, 0.2) is 0 Å². The molecule has 0 spiro atoms. The number of carbonyl (C=O) groups is 1. The molecule has 2 aromatic rings. The monoisotopic (exact) mass is 322 g/mol. The summed E-state index contributed by atoms with van der Waals surface area (Å²) < 4.78 is 6.87. The fraction of sp³-hybridized carbons (Fsp3) is 0.533. The molecule has 1 aliphatic rings. The third-order valence-corrected chi connectivity index (χ3v) is 4.30. The Morgan fingerprint density at radius 2 is 2.36 bits per heavy atom. The molecule has 6 nitrogen and oxygen atoms in total. The van der Waals surface area contributed by atoms with E-state index in [1.54, 1.807) is 7.05 Å². The van der Waals surface area contributed by atoms with Crippen molar-refractivity contribution in [3.8, 4) is 0 Å². The number of aryl methyl sites for hydroxylation is 2. The Hall–Kier alpha value is -1.82. The summed E-state index contributed by atoms with van der Waals surface area (Å²) in [6, 6.07) is 1.91. The van der Waals surface area contributed by atoms with E-state index in [-0.39, 0.29) is 11.9 Å². The highest BCUT2D eigenvalue weighted by Gasteiger charge is 2.34. The van der Waals surface area contributed by atoms with Crippen molar-refractivity contribution in [2.75, 3.05) is 6.54 Å². The topological polar surface area (TPSA) is 64.2 Å². The Kier molecular flexibility index (Phi) is 4.20. The number of likely N-dealkylation sites (tertiary alicyclic amines) is 1. The molecule has 3 heterocycles. The number of hydrogen-bond donors (Lipinski definition) is 0. The van der Waals surface area contributed by atoms with E-state index in [1.807, 2.05) is 11.0 Å². The maximum Gasteiger partial charge on any atom is 0.274 e. The summed E-state index contributed by atoms with van der Waals surface area (Å²) in [6.45, 7) is 2.79. The summed E-state index contributed by atoms with van der Waals surface area (Å²) in [5.74, 6) is 0.767. The van der Waals surface area contributed by atoms with Crippen LogP contribution < -0.4 is 0 Å². The highest BCUT2D eigenvalue weighted by molar-refractivity contribution is 6.33. The first-order valence-corrected chi connectivity index (χ1v) is 7.93. The maximum absolute atomic E-state index is 12.8. The minimum absolute atomic E-state index is 0.0483. The fourth-order valence-electron chi connectivity index (χ4n) is 2.95.